The van der Waals surface area contributed by atoms with E-state index in [4.69, 9.17) is 14.8 Å². The van der Waals surface area contributed by atoms with Crippen LogP contribution in [0.4, 0.5) is 5.82 Å². The van der Waals surface area contributed by atoms with Gasteiger partial charge >= 0.3 is 0 Å². The van der Waals surface area contributed by atoms with Crippen LogP contribution in [0.1, 0.15) is 48.9 Å². The first-order valence-corrected chi connectivity index (χ1v) is 18.1. The summed E-state index contributed by atoms with van der Waals surface area (Å²) in [6, 6.07) is 9.97. The van der Waals surface area contributed by atoms with Crippen LogP contribution < -0.4 is 4.90 Å². The van der Waals surface area contributed by atoms with Gasteiger partial charge < -0.3 is 14.6 Å². The van der Waals surface area contributed by atoms with Crippen molar-refractivity contribution in [1.29, 1.82) is 5.26 Å². The number of nitriles is 1. The van der Waals surface area contributed by atoms with E-state index in [1.54, 1.807) is 6.33 Å². The van der Waals surface area contributed by atoms with Crippen molar-refractivity contribution in [3.63, 3.8) is 0 Å². The van der Waals surface area contributed by atoms with Gasteiger partial charge in [-0.05, 0) is 55.8 Å². The van der Waals surface area contributed by atoms with Gasteiger partial charge in [-0.25, -0.2) is 15.0 Å². The molecule has 0 bridgehead atoms. The largest absolute Gasteiger partial charge is 0.361 e. The molecule has 1 fully saturated rings. The number of rotatable bonds is 10. The minimum absolute atomic E-state index is 0.0316. The van der Waals surface area contributed by atoms with E-state index in [0.717, 1.165) is 84.2 Å². The molecular formula is C30H38N8OSi. The fraction of sp³-hybridized carbons (Fsp3) is 0.500. The topological polar surface area (TPSA) is 109 Å². The average molecular weight is 555 g/mol. The molecule has 40 heavy (non-hydrogen) atoms. The number of H-pyrrole nitrogens is 1. The van der Waals surface area contributed by atoms with Crippen molar-refractivity contribution in [1.82, 2.24) is 29.7 Å². The molecule has 208 valence electrons. The molecular weight excluding hydrogens is 516 g/mol. The van der Waals surface area contributed by atoms with E-state index in [9.17, 15) is 5.26 Å². The van der Waals surface area contributed by atoms with E-state index >= 15 is 0 Å². The number of pyridine rings is 1. The molecule has 4 aromatic heterocycles. The van der Waals surface area contributed by atoms with Crippen LogP contribution >= 0.6 is 0 Å². The standard InChI is InChI=1S/C30H38N8OSi/c1-40(2,3)15-14-39-20-37-13-10-25-28(33-19-34-30(25)37)24-17-35-38(18-24)27(8-11-31)23-5-4-22(16-23)26-7-6-21-9-12-32-29(21)36-26/h6-7,9,12,17-19,22-23,27H,4-5,8,10,13-16,20H2,1-3H3,(H,32,36)/t22?,23-,27?/m0/s1. The third-order valence-corrected chi connectivity index (χ3v) is 10.2. The van der Waals surface area contributed by atoms with Gasteiger partial charge in [-0.3, -0.25) is 4.68 Å². The molecule has 5 heterocycles. The zero-order valence-corrected chi connectivity index (χ0v) is 24.7. The highest BCUT2D eigenvalue weighted by Gasteiger charge is 2.34. The molecule has 1 aliphatic carbocycles. The minimum atomic E-state index is -1.11. The summed E-state index contributed by atoms with van der Waals surface area (Å²) >= 11 is 0. The van der Waals surface area contributed by atoms with Crippen molar-refractivity contribution in [2.24, 2.45) is 5.92 Å². The number of aromatic nitrogens is 6. The molecule has 2 aliphatic rings. The molecule has 1 aliphatic heterocycles. The van der Waals surface area contributed by atoms with E-state index < -0.39 is 8.07 Å². The Bertz CT molecular complexity index is 1520. The number of nitrogens with one attached hydrogen (secondary N) is 1. The summed E-state index contributed by atoms with van der Waals surface area (Å²) in [5.41, 5.74) is 5.15. The Morgan fingerprint density at radius 3 is 2.95 bits per heavy atom. The van der Waals surface area contributed by atoms with Crippen molar-refractivity contribution in [2.45, 2.75) is 69.7 Å². The van der Waals surface area contributed by atoms with Gasteiger partial charge in [-0.2, -0.15) is 10.4 Å². The Morgan fingerprint density at radius 2 is 2.10 bits per heavy atom. The lowest BCUT2D eigenvalue weighted by atomic mass is 9.93. The van der Waals surface area contributed by atoms with Crippen LogP contribution in [0, 0.1) is 17.2 Å². The zero-order valence-electron chi connectivity index (χ0n) is 23.7. The van der Waals surface area contributed by atoms with E-state index in [1.165, 1.54) is 0 Å². The number of ether oxygens (including phenoxy) is 1. The molecule has 0 spiro atoms. The second kappa shape index (κ2) is 11.1. The predicted octanol–water partition coefficient (Wildman–Crippen LogP) is 5.93. The van der Waals surface area contributed by atoms with Crippen LogP contribution in [0.15, 0.2) is 43.1 Å². The maximum absolute atomic E-state index is 9.71. The lowest BCUT2D eigenvalue weighted by molar-refractivity contribution is 0.147. The highest BCUT2D eigenvalue weighted by atomic mass is 28.3. The Morgan fingerprint density at radius 1 is 1.20 bits per heavy atom. The van der Waals surface area contributed by atoms with E-state index in [2.05, 4.69) is 70.0 Å². The monoisotopic (exact) mass is 554 g/mol. The second-order valence-electron chi connectivity index (χ2n) is 12.4. The van der Waals surface area contributed by atoms with Crippen molar-refractivity contribution >= 4 is 24.9 Å². The van der Waals surface area contributed by atoms with E-state index in [-0.39, 0.29) is 6.04 Å². The Hall–Kier alpha value is -3.55. The van der Waals surface area contributed by atoms with Crippen LogP contribution in [-0.4, -0.2) is 57.7 Å². The molecule has 0 saturated heterocycles. The maximum atomic E-state index is 9.71. The summed E-state index contributed by atoms with van der Waals surface area (Å²) in [5, 5.41) is 15.6. The van der Waals surface area contributed by atoms with Gasteiger partial charge in [0.25, 0.3) is 0 Å². The molecule has 0 aromatic carbocycles. The van der Waals surface area contributed by atoms with Crippen molar-refractivity contribution in [3.8, 4) is 17.3 Å². The van der Waals surface area contributed by atoms with Crippen LogP contribution in [-0.2, 0) is 11.2 Å². The molecule has 4 aromatic rings. The summed E-state index contributed by atoms with van der Waals surface area (Å²) in [7, 11) is -1.11. The quantitative estimate of drug-likeness (QED) is 0.191. The smallest absolute Gasteiger partial charge is 0.137 e. The van der Waals surface area contributed by atoms with Crippen molar-refractivity contribution < 1.29 is 4.74 Å². The molecule has 2 unspecified atom stereocenters. The van der Waals surface area contributed by atoms with Crippen LogP contribution in [0.3, 0.4) is 0 Å². The molecule has 3 atom stereocenters. The molecule has 9 nitrogen and oxygen atoms in total. The van der Waals surface area contributed by atoms with Gasteiger partial charge in [0, 0.05) is 61.7 Å². The highest BCUT2D eigenvalue weighted by molar-refractivity contribution is 6.76. The Labute approximate surface area is 236 Å². The number of nitrogens with zero attached hydrogens (tertiary/aromatic N) is 7. The number of hydrogen-bond acceptors (Lipinski definition) is 7. The van der Waals surface area contributed by atoms with Gasteiger partial charge in [0.1, 0.15) is 24.5 Å². The Balaban J connectivity index is 1.16. The van der Waals surface area contributed by atoms with Crippen molar-refractivity contribution in [3.05, 3.63) is 54.4 Å². The fourth-order valence-electron chi connectivity index (χ4n) is 6.20. The summed E-state index contributed by atoms with van der Waals surface area (Å²) in [4.78, 5) is 19.6. The van der Waals surface area contributed by atoms with Gasteiger partial charge in [0.05, 0.1) is 30.4 Å². The van der Waals surface area contributed by atoms with Crippen LogP contribution in [0.2, 0.25) is 25.7 Å². The van der Waals surface area contributed by atoms with E-state index in [1.807, 2.05) is 17.1 Å². The molecule has 6 rings (SSSR count). The van der Waals surface area contributed by atoms with Crippen molar-refractivity contribution in [2.75, 3.05) is 24.8 Å². The van der Waals surface area contributed by atoms with Crippen LogP contribution in [0.25, 0.3) is 22.3 Å². The third kappa shape index (κ3) is 5.53. The molecule has 1 N–H and O–H groups in total. The predicted molar refractivity (Wildman–Crippen MR) is 159 cm³/mol. The summed E-state index contributed by atoms with van der Waals surface area (Å²) in [5.74, 6) is 1.74. The molecule has 1 saturated carbocycles. The lowest BCUT2D eigenvalue weighted by Crippen LogP contribution is -2.27. The van der Waals surface area contributed by atoms with Gasteiger partial charge in [0.15, 0.2) is 0 Å². The first-order valence-electron chi connectivity index (χ1n) is 14.4. The third-order valence-electron chi connectivity index (χ3n) is 8.48. The number of aromatic amines is 1. The second-order valence-corrected chi connectivity index (χ2v) is 18.1. The SMILES string of the molecule is C[Si](C)(C)CCOCN1CCc2c(-c3cnn(C(CC#N)[C@H]4CCC(c5ccc6cc[nH]c6n5)C4)c3)ncnc21. The van der Waals surface area contributed by atoms with Gasteiger partial charge in [0.2, 0.25) is 0 Å². The van der Waals surface area contributed by atoms with Gasteiger partial charge in [-0.1, -0.05) is 19.6 Å². The fourth-order valence-corrected chi connectivity index (χ4v) is 6.96. The normalized spacial score (nSPS) is 19.7. The van der Waals surface area contributed by atoms with Crippen LogP contribution in [0.5, 0.6) is 0 Å². The highest BCUT2D eigenvalue weighted by Crippen LogP contribution is 2.44. The first kappa shape index (κ1) is 26.7. The minimum Gasteiger partial charge on any atom is -0.361 e. The maximum Gasteiger partial charge on any atom is 0.137 e. The number of anilines is 1. The van der Waals surface area contributed by atoms with Gasteiger partial charge in [-0.15, -0.1) is 0 Å². The summed E-state index contributed by atoms with van der Waals surface area (Å²) in [6.45, 7) is 9.35. The summed E-state index contributed by atoms with van der Waals surface area (Å²) < 4.78 is 8.03. The van der Waals surface area contributed by atoms with E-state index in [0.29, 0.717) is 25.0 Å². The molecule has 10 heteroatoms. The average Bonchev–Trinajstić information content (AvgIpc) is 3.75. The lowest BCUT2D eigenvalue weighted by Gasteiger charge is -2.22. The first-order chi connectivity index (χ1) is 19.4. The number of fused-ring (bicyclic) bond motifs is 2. The molecule has 0 radical (unpaired) electrons. The number of hydrogen-bond donors (Lipinski definition) is 1. The Kier molecular flexibility index (Phi) is 7.42. The zero-order chi connectivity index (χ0) is 27.7. The summed E-state index contributed by atoms with van der Waals surface area (Å²) in [6.07, 6.45) is 12.0. The molecule has 0 amide bonds.